The van der Waals surface area contributed by atoms with Gasteiger partial charge in [0.05, 0.1) is 16.9 Å². The molecule has 0 aliphatic rings. The zero-order valence-corrected chi connectivity index (χ0v) is 23.0. The summed E-state index contributed by atoms with van der Waals surface area (Å²) in [5.41, 5.74) is 1.90. The Kier molecular flexibility index (Phi) is 7.38. The van der Waals surface area contributed by atoms with E-state index in [1.54, 1.807) is 37.4 Å². The van der Waals surface area contributed by atoms with Crippen LogP contribution in [0, 0.1) is 6.92 Å². The van der Waals surface area contributed by atoms with Gasteiger partial charge in [0.2, 0.25) is 9.84 Å². The van der Waals surface area contributed by atoms with Crippen LogP contribution in [0.3, 0.4) is 0 Å². The maximum atomic E-state index is 12.9. The lowest BCUT2D eigenvalue weighted by atomic mass is 9.78. The maximum absolute atomic E-state index is 12.9. The first-order valence-electron chi connectivity index (χ1n) is 11.7. The molecule has 4 aromatic carbocycles. The number of methoxy groups -OCH3 is 1. The van der Waals surface area contributed by atoms with Gasteiger partial charge in [-0.15, -0.1) is 0 Å². The number of hydrogen-bond acceptors (Lipinski definition) is 6. The Morgan fingerprint density at radius 2 is 1.18 bits per heavy atom. The molecule has 0 bridgehead atoms. The number of hydrogen-bond donors (Lipinski definition) is 1. The van der Waals surface area contributed by atoms with Gasteiger partial charge in [-0.1, -0.05) is 49.7 Å². The molecule has 0 saturated carbocycles. The van der Waals surface area contributed by atoms with E-state index in [2.05, 4.69) is 0 Å². The van der Waals surface area contributed by atoms with Gasteiger partial charge in [-0.25, -0.2) is 8.42 Å². The number of benzene rings is 4. The Bertz CT molecular complexity index is 1650. The molecule has 0 aliphatic carbocycles. The van der Waals surface area contributed by atoms with Crippen LogP contribution in [-0.2, 0) is 25.4 Å². The molecule has 0 unspecified atom stereocenters. The maximum Gasteiger partial charge on any atom is 0.298 e. The topological polar surface area (TPSA) is 107 Å². The van der Waals surface area contributed by atoms with Crippen molar-refractivity contribution < 1.29 is 30.9 Å². The van der Waals surface area contributed by atoms with Crippen molar-refractivity contribution in [3.63, 3.8) is 0 Å². The first-order valence-corrected chi connectivity index (χ1v) is 14.6. The predicted octanol–water partition coefficient (Wildman–Crippen LogP) is 6.20. The molecule has 0 amide bonds. The van der Waals surface area contributed by atoms with Gasteiger partial charge in [-0.05, 0) is 78.7 Å². The summed E-state index contributed by atoms with van der Waals surface area (Å²) in [4.78, 5) is -0.159. The van der Waals surface area contributed by atoms with Crippen LogP contribution in [0.25, 0.3) is 0 Å². The van der Waals surface area contributed by atoms with E-state index in [1.807, 2.05) is 45.0 Å². The summed E-state index contributed by atoms with van der Waals surface area (Å²) >= 11 is 0. The summed E-state index contributed by atoms with van der Waals surface area (Å²) in [7, 11) is -6.79. The molecule has 198 valence electrons. The molecule has 4 aromatic rings. The molecule has 0 aliphatic heterocycles. The van der Waals surface area contributed by atoms with E-state index < -0.39 is 30.3 Å². The van der Waals surface area contributed by atoms with Crippen molar-refractivity contribution >= 4 is 20.0 Å². The van der Waals surface area contributed by atoms with Crippen LogP contribution < -0.4 is 9.47 Å². The molecule has 0 radical (unpaired) electrons. The van der Waals surface area contributed by atoms with Crippen molar-refractivity contribution in [2.75, 3.05) is 7.11 Å². The van der Waals surface area contributed by atoms with Crippen LogP contribution in [0.1, 0.15) is 30.5 Å². The second-order valence-electron chi connectivity index (χ2n) is 9.38. The molecule has 0 atom stereocenters. The highest BCUT2D eigenvalue weighted by Crippen LogP contribution is 2.37. The number of ether oxygens (including phenoxy) is 2. The Morgan fingerprint density at radius 3 is 1.71 bits per heavy atom. The molecule has 0 heterocycles. The largest absolute Gasteiger partial charge is 0.497 e. The molecule has 0 saturated heterocycles. The fraction of sp³-hybridized carbons (Fsp3) is 0.172. The summed E-state index contributed by atoms with van der Waals surface area (Å²) in [5.74, 6) is 0.820. The zero-order chi connectivity index (χ0) is 27.7. The van der Waals surface area contributed by atoms with E-state index in [1.165, 1.54) is 36.4 Å². The van der Waals surface area contributed by atoms with Crippen LogP contribution >= 0.6 is 0 Å². The number of rotatable bonds is 8. The van der Waals surface area contributed by atoms with Crippen molar-refractivity contribution in [3.8, 4) is 17.2 Å². The van der Waals surface area contributed by atoms with E-state index in [9.17, 15) is 21.4 Å². The third-order valence-electron chi connectivity index (χ3n) is 6.45. The Labute approximate surface area is 223 Å². The lowest BCUT2D eigenvalue weighted by Gasteiger charge is -2.27. The van der Waals surface area contributed by atoms with E-state index >= 15 is 0 Å². The SMILES string of the molecule is COc1ccc(C(C)(C)c2ccc(Oc3ccc(S(=O)(=O)c4ccc(C)cc4)cc3)c(S(=O)(=O)O)c2)cc1. The molecule has 0 aromatic heterocycles. The molecule has 9 heteroatoms. The molecule has 38 heavy (non-hydrogen) atoms. The minimum absolute atomic E-state index is 0.0697. The van der Waals surface area contributed by atoms with Gasteiger partial charge in [0.25, 0.3) is 10.1 Å². The van der Waals surface area contributed by atoms with Crippen molar-refractivity contribution in [1.82, 2.24) is 0 Å². The van der Waals surface area contributed by atoms with E-state index in [-0.39, 0.29) is 21.3 Å². The first kappa shape index (κ1) is 27.4. The van der Waals surface area contributed by atoms with Crippen molar-refractivity contribution in [2.24, 2.45) is 0 Å². The van der Waals surface area contributed by atoms with Crippen LogP contribution in [0.5, 0.6) is 17.2 Å². The Balaban J connectivity index is 1.65. The number of sulfone groups is 1. The van der Waals surface area contributed by atoms with Gasteiger partial charge in [0, 0.05) is 5.41 Å². The fourth-order valence-corrected chi connectivity index (χ4v) is 5.93. The van der Waals surface area contributed by atoms with Crippen LogP contribution in [-0.4, -0.2) is 28.5 Å². The second-order valence-corrected chi connectivity index (χ2v) is 12.7. The average molecular weight is 553 g/mol. The molecule has 0 fully saturated rings. The summed E-state index contributed by atoms with van der Waals surface area (Å²) in [6.45, 7) is 5.74. The molecular weight excluding hydrogens is 524 g/mol. The minimum atomic E-state index is -4.64. The van der Waals surface area contributed by atoms with Gasteiger partial charge < -0.3 is 9.47 Å². The van der Waals surface area contributed by atoms with Gasteiger partial charge in [-0.3, -0.25) is 4.55 Å². The average Bonchev–Trinajstić information content (AvgIpc) is 2.89. The summed E-state index contributed by atoms with van der Waals surface area (Å²) in [6.07, 6.45) is 0. The highest BCUT2D eigenvalue weighted by Gasteiger charge is 2.27. The zero-order valence-electron chi connectivity index (χ0n) is 21.4. The van der Waals surface area contributed by atoms with Gasteiger partial charge in [-0.2, -0.15) is 8.42 Å². The molecule has 7 nitrogen and oxygen atoms in total. The standard InChI is InChI=1S/C29H28O7S2/c1-20-5-14-25(15-6-20)37(30,31)26-16-12-24(13-17-26)36-27-18-9-22(19-28(27)38(32,33)34)29(2,3)21-7-10-23(35-4)11-8-21/h5-19H,1-4H3,(H,32,33,34). The summed E-state index contributed by atoms with van der Waals surface area (Å²) in [6, 6.07) is 24.2. The van der Waals surface area contributed by atoms with Crippen LogP contribution in [0.15, 0.2) is 106 Å². The monoisotopic (exact) mass is 552 g/mol. The van der Waals surface area contributed by atoms with Gasteiger partial charge >= 0.3 is 0 Å². The van der Waals surface area contributed by atoms with E-state index in [0.717, 1.165) is 11.1 Å². The van der Waals surface area contributed by atoms with Crippen LogP contribution in [0.4, 0.5) is 0 Å². The first-order chi connectivity index (χ1) is 17.8. The smallest absolute Gasteiger partial charge is 0.298 e. The normalized spacial score (nSPS) is 12.2. The summed E-state index contributed by atoms with van der Waals surface area (Å²) in [5, 5.41) is 0. The fourth-order valence-electron chi connectivity index (χ4n) is 4.02. The van der Waals surface area contributed by atoms with E-state index in [0.29, 0.717) is 11.3 Å². The van der Waals surface area contributed by atoms with E-state index in [4.69, 9.17) is 9.47 Å². The van der Waals surface area contributed by atoms with Crippen molar-refractivity contribution in [2.45, 2.75) is 40.9 Å². The molecule has 0 spiro atoms. The third-order valence-corrected chi connectivity index (χ3v) is 9.11. The third kappa shape index (κ3) is 5.60. The van der Waals surface area contributed by atoms with Crippen molar-refractivity contribution in [3.05, 3.63) is 108 Å². The molecular formula is C29H28O7S2. The molecule has 1 N–H and O–H groups in total. The summed E-state index contributed by atoms with van der Waals surface area (Å²) < 4.78 is 71.4. The van der Waals surface area contributed by atoms with Crippen molar-refractivity contribution in [1.29, 1.82) is 0 Å². The lowest BCUT2D eigenvalue weighted by Crippen LogP contribution is -2.19. The Hall–Kier alpha value is -3.66. The van der Waals surface area contributed by atoms with Gasteiger partial charge in [0.1, 0.15) is 22.1 Å². The predicted molar refractivity (Wildman–Crippen MR) is 145 cm³/mol. The minimum Gasteiger partial charge on any atom is -0.497 e. The Morgan fingerprint density at radius 1 is 0.684 bits per heavy atom. The highest BCUT2D eigenvalue weighted by molar-refractivity contribution is 7.91. The van der Waals surface area contributed by atoms with Crippen LogP contribution in [0.2, 0.25) is 0 Å². The number of aryl methyl sites for hydroxylation is 1. The van der Waals surface area contributed by atoms with Gasteiger partial charge in [0.15, 0.2) is 0 Å². The highest BCUT2D eigenvalue weighted by atomic mass is 32.2. The second kappa shape index (κ2) is 10.2. The molecule has 4 rings (SSSR count). The lowest BCUT2D eigenvalue weighted by molar-refractivity contribution is 0.414. The quantitative estimate of drug-likeness (QED) is 0.259.